The van der Waals surface area contributed by atoms with Gasteiger partial charge in [-0.05, 0) is 23.1 Å². The van der Waals surface area contributed by atoms with Gasteiger partial charge in [-0.3, -0.25) is 10.1 Å². The lowest BCUT2D eigenvalue weighted by Gasteiger charge is -2.11. The minimum Gasteiger partial charge on any atom is -0.478 e. The van der Waals surface area contributed by atoms with E-state index in [2.05, 4.69) is 5.32 Å². The Balaban J connectivity index is 2.37. The molecule has 1 aliphatic rings. The number of nitrogens with one attached hydrogen (secondary N) is 1. The van der Waals surface area contributed by atoms with Crippen LogP contribution >= 0.6 is 11.6 Å². The highest BCUT2D eigenvalue weighted by Crippen LogP contribution is 2.42. The normalized spacial score (nSPS) is 16.5. The molecule has 0 amide bonds. The van der Waals surface area contributed by atoms with Crippen LogP contribution in [0.2, 0.25) is 0 Å². The summed E-state index contributed by atoms with van der Waals surface area (Å²) in [5, 5.41) is 24.4. The zero-order valence-corrected chi connectivity index (χ0v) is 11.6. The molecule has 1 aliphatic heterocycles. The Morgan fingerprint density at radius 2 is 2.19 bits per heavy atom. The average Bonchev–Trinajstić information content (AvgIpc) is 2.88. The van der Waals surface area contributed by atoms with Crippen molar-refractivity contribution in [2.45, 2.75) is 5.92 Å². The molecule has 108 valence electrons. The minimum atomic E-state index is -1.11. The summed E-state index contributed by atoms with van der Waals surface area (Å²) < 4.78 is 0. The van der Waals surface area contributed by atoms with Gasteiger partial charge in [0.2, 0.25) is 0 Å². The molecule has 0 spiro atoms. The number of hydrogen-bond donors (Lipinski definition) is 2. The van der Waals surface area contributed by atoms with Crippen molar-refractivity contribution in [2.75, 3.05) is 17.7 Å². The number of anilines is 1. The molecule has 1 atom stereocenters. The number of nitrogens with zero attached hydrogens (tertiary/aromatic N) is 1. The zero-order valence-electron chi connectivity index (χ0n) is 10.8. The molecule has 3 rings (SSSR count). The van der Waals surface area contributed by atoms with Gasteiger partial charge in [-0.1, -0.05) is 6.07 Å². The highest BCUT2D eigenvalue weighted by Gasteiger charge is 2.28. The lowest BCUT2D eigenvalue weighted by Crippen LogP contribution is -2.03. The third kappa shape index (κ3) is 2.08. The quantitative estimate of drug-likeness (QED) is 0.516. The largest absolute Gasteiger partial charge is 0.478 e. The van der Waals surface area contributed by atoms with Crippen LogP contribution < -0.4 is 5.32 Å². The van der Waals surface area contributed by atoms with Crippen LogP contribution in [-0.4, -0.2) is 28.4 Å². The molecule has 0 saturated heterocycles. The summed E-state index contributed by atoms with van der Waals surface area (Å²) in [6.45, 7) is 0.621. The van der Waals surface area contributed by atoms with E-state index in [1.807, 2.05) is 0 Å². The van der Waals surface area contributed by atoms with Crippen molar-refractivity contribution in [2.24, 2.45) is 0 Å². The Bertz CT molecular complexity index is 775. The van der Waals surface area contributed by atoms with E-state index in [0.717, 1.165) is 5.56 Å². The van der Waals surface area contributed by atoms with E-state index >= 15 is 0 Å². The Morgan fingerprint density at radius 3 is 2.81 bits per heavy atom. The molecule has 0 aromatic heterocycles. The number of alkyl halides is 1. The maximum atomic E-state index is 11.3. The average molecular weight is 307 g/mol. The number of rotatable bonds is 3. The third-order valence-corrected chi connectivity index (χ3v) is 4.11. The molecule has 0 fully saturated rings. The Morgan fingerprint density at radius 1 is 1.43 bits per heavy atom. The molecule has 0 bridgehead atoms. The highest BCUT2D eigenvalue weighted by atomic mass is 35.5. The second-order valence-corrected chi connectivity index (χ2v) is 5.22. The highest BCUT2D eigenvalue weighted by molar-refractivity contribution is 6.19. The molecule has 2 aromatic carbocycles. The maximum Gasteiger partial charge on any atom is 0.335 e. The van der Waals surface area contributed by atoms with Gasteiger partial charge >= 0.3 is 5.97 Å². The molecule has 2 aromatic rings. The molecule has 2 N–H and O–H groups in total. The number of aromatic carboxylic acids is 1. The standard InChI is InChI=1S/C14H11ClN2O4/c15-5-8-6-16-11-4-12(17(20)21)10-3-7(14(18)19)1-2-9(10)13(8)11/h1-4,8,16H,5-6H2,(H,18,19). The van der Waals surface area contributed by atoms with Crippen LogP contribution in [0.15, 0.2) is 24.3 Å². The Labute approximate surface area is 124 Å². The van der Waals surface area contributed by atoms with Gasteiger partial charge in [-0.2, -0.15) is 0 Å². The number of benzene rings is 2. The molecule has 0 radical (unpaired) electrons. The fourth-order valence-corrected chi connectivity index (χ4v) is 3.03. The van der Waals surface area contributed by atoms with Crippen molar-refractivity contribution in [3.63, 3.8) is 0 Å². The summed E-state index contributed by atoms with van der Waals surface area (Å²) in [4.78, 5) is 21.8. The van der Waals surface area contributed by atoms with Gasteiger partial charge in [0, 0.05) is 30.1 Å². The molecule has 21 heavy (non-hydrogen) atoms. The van der Waals surface area contributed by atoms with Crippen LogP contribution in [0.5, 0.6) is 0 Å². The van der Waals surface area contributed by atoms with Crippen LogP contribution in [0.4, 0.5) is 11.4 Å². The first-order valence-corrected chi connectivity index (χ1v) is 6.84. The molecule has 0 aliphatic carbocycles. The van der Waals surface area contributed by atoms with Gasteiger partial charge in [0.25, 0.3) is 5.69 Å². The van der Waals surface area contributed by atoms with Crippen molar-refractivity contribution >= 4 is 39.7 Å². The van der Waals surface area contributed by atoms with Gasteiger partial charge in [0.15, 0.2) is 0 Å². The third-order valence-electron chi connectivity index (χ3n) is 3.73. The molecule has 0 saturated carbocycles. The molecule has 1 heterocycles. The van der Waals surface area contributed by atoms with Crippen LogP contribution in [0.25, 0.3) is 10.8 Å². The summed E-state index contributed by atoms with van der Waals surface area (Å²) in [5.74, 6) is -0.660. The van der Waals surface area contributed by atoms with E-state index in [9.17, 15) is 14.9 Å². The number of nitro groups is 1. The van der Waals surface area contributed by atoms with E-state index in [-0.39, 0.29) is 17.2 Å². The number of carboxylic acids is 1. The summed E-state index contributed by atoms with van der Waals surface area (Å²) in [5.41, 5.74) is 1.54. The predicted molar refractivity (Wildman–Crippen MR) is 79.5 cm³/mol. The summed E-state index contributed by atoms with van der Waals surface area (Å²) >= 11 is 5.95. The molecular formula is C14H11ClN2O4. The lowest BCUT2D eigenvalue weighted by molar-refractivity contribution is -0.383. The number of carbonyl (C=O) groups is 1. The first-order valence-electron chi connectivity index (χ1n) is 6.31. The molecule has 7 heteroatoms. The van der Waals surface area contributed by atoms with Crippen LogP contribution in [-0.2, 0) is 0 Å². The molecule has 1 unspecified atom stereocenters. The predicted octanol–water partition coefficient (Wildman–Crippen LogP) is 3.19. The smallest absolute Gasteiger partial charge is 0.335 e. The first kappa shape index (κ1) is 13.6. The number of carboxylic acid groups (broad SMARTS) is 1. The topological polar surface area (TPSA) is 92.5 Å². The van der Waals surface area contributed by atoms with Crippen molar-refractivity contribution in [3.05, 3.63) is 45.5 Å². The van der Waals surface area contributed by atoms with Crippen LogP contribution in [0, 0.1) is 10.1 Å². The maximum absolute atomic E-state index is 11.3. The number of nitro benzene ring substituents is 1. The first-order chi connectivity index (χ1) is 10.0. The van der Waals surface area contributed by atoms with Crippen LogP contribution in [0.1, 0.15) is 21.8 Å². The fourth-order valence-electron chi connectivity index (χ4n) is 2.77. The number of non-ortho nitro benzene ring substituents is 1. The van der Waals surface area contributed by atoms with Gasteiger partial charge < -0.3 is 10.4 Å². The van der Waals surface area contributed by atoms with Gasteiger partial charge in [0.05, 0.1) is 15.9 Å². The van der Waals surface area contributed by atoms with Crippen molar-refractivity contribution in [1.82, 2.24) is 0 Å². The Hall–Kier alpha value is -2.34. The van der Waals surface area contributed by atoms with Crippen molar-refractivity contribution in [3.8, 4) is 0 Å². The summed E-state index contributed by atoms with van der Waals surface area (Å²) in [7, 11) is 0. The lowest BCUT2D eigenvalue weighted by atomic mass is 9.94. The van der Waals surface area contributed by atoms with Crippen molar-refractivity contribution < 1.29 is 14.8 Å². The Kier molecular flexibility index (Phi) is 3.17. The number of halogens is 1. The van der Waals surface area contributed by atoms with Crippen LogP contribution in [0.3, 0.4) is 0 Å². The fraction of sp³-hybridized carbons (Fsp3) is 0.214. The molecular weight excluding hydrogens is 296 g/mol. The molecule has 6 nitrogen and oxygen atoms in total. The van der Waals surface area contributed by atoms with Gasteiger partial charge in [-0.25, -0.2) is 4.79 Å². The number of fused-ring (bicyclic) bond motifs is 3. The second kappa shape index (κ2) is 4.89. The van der Waals surface area contributed by atoms with E-state index in [0.29, 0.717) is 28.9 Å². The van der Waals surface area contributed by atoms with Gasteiger partial charge in [-0.15, -0.1) is 11.6 Å². The SMILES string of the molecule is O=C(O)c1ccc2c3c(cc([N+](=O)[O-])c2c1)NCC3CCl. The second-order valence-electron chi connectivity index (χ2n) is 4.91. The number of hydrogen-bond acceptors (Lipinski definition) is 4. The van der Waals surface area contributed by atoms with E-state index in [1.165, 1.54) is 18.2 Å². The summed E-state index contributed by atoms with van der Waals surface area (Å²) in [6.07, 6.45) is 0. The van der Waals surface area contributed by atoms with Gasteiger partial charge in [0.1, 0.15) is 0 Å². The summed E-state index contributed by atoms with van der Waals surface area (Å²) in [6, 6.07) is 5.88. The van der Waals surface area contributed by atoms with Crippen molar-refractivity contribution in [1.29, 1.82) is 0 Å². The zero-order chi connectivity index (χ0) is 15.1. The van der Waals surface area contributed by atoms with E-state index < -0.39 is 10.9 Å². The minimum absolute atomic E-state index is 0.0268. The van der Waals surface area contributed by atoms with E-state index in [4.69, 9.17) is 16.7 Å². The monoisotopic (exact) mass is 306 g/mol. The van der Waals surface area contributed by atoms with E-state index in [1.54, 1.807) is 6.07 Å².